The third-order valence-corrected chi connectivity index (χ3v) is 1.99. The molecule has 1 aromatic rings. The van der Waals surface area contributed by atoms with Crippen molar-refractivity contribution in [3.63, 3.8) is 0 Å². The van der Waals surface area contributed by atoms with Gasteiger partial charge in [0.25, 0.3) is 0 Å². The van der Waals surface area contributed by atoms with Crippen LogP contribution in [0, 0.1) is 0 Å². The zero-order valence-electron chi connectivity index (χ0n) is 8.97. The molecule has 0 unspecified atom stereocenters. The van der Waals surface area contributed by atoms with Gasteiger partial charge in [-0.1, -0.05) is 18.2 Å². The lowest BCUT2D eigenvalue weighted by Crippen LogP contribution is -2.18. The van der Waals surface area contributed by atoms with Gasteiger partial charge in [-0.05, 0) is 23.3 Å². The molecule has 3 heteroatoms. The number of carbonyl (C=O) groups excluding carboxylic acids is 1. The molecule has 80 valence electrons. The first-order valence-electron chi connectivity index (χ1n) is 4.72. The molecule has 0 fully saturated rings. The second kappa shape index (κ2) is 5.32. The zero-order chi connectivity index (χ0) is 11.3. The summed E-state index contributed by atoms with van der Waals surface area (Å²) in [6.45, 7) is 0.0172. The number of aliphatic hydroxyl groups excluding tert-OH is 1. The summed E-state index contributed by atoms with van der Waals surface area (Å²) >= 11 is 0. The van der Waals surface area contributed by atoms with Gasteiger partial charge in [-0.3, -0.25) is 4.79 Å². The average Bonchev–Trinajstić information content (AvgIpc) is 2.26. The Hall–Kier alpha value is -1.61. The van der Waals surface area contributed by atoms with E-state index < -0.39 is 0 Å². The lowest BCUT2D eigenvalue weighted by Gasteiger charge is -2.05. The van der Waals surface area contributed by atoms with Gasteiger partial charge in [-0.25, -0.2) is 0 Å². The minimum absolute atomic E-state index is 0.0172. The first-order valence-corrected chi connectivity index (χ1v) is 4.72. The van der Waals surface area contributed by atoms with Gasteiger partial charge < -0.3 is 10.0 Å². The van der Waals surface area contributed by atoms with Gasteiger partial charge in [0.2, 0.25) is 5.91 Å². The Labute approximate surface area is 89.6 Å². The summed E-state index contributed by atoms with van der Waals surface area (Å²) in [6.07, 6.45) is 3.25. The van der Waals surface area contributed by atoms with Crippen molar-refractivity contribution < 1.29 is 9.90 Å². The standard InChI is InChI=1S/C12H15NO2/c1-13(2)12(15)7-6-10-4-3-5-11(8-10)9-14/h3-8,14H,9H2,1-2H3/b7-6+. The predicted octanol–water partition coefficient (Wildman–Crippen LogP) is 1.28. The van der Waals surface area contributed by atoms with Crippen LogP contribution in [0.2, 0.25) is 0 Å². The van der Waals surface area contributed by atoms with Gasteiger partial charge in [0, 0.05) is 20.2 Å². The summed E-state index contributed by atoms with van der Waals surface area (Å²) in [5.74, 6) is -0.0515. The maximum Gasteiger partial charge on any atom is 0.246 e. The molecule has 0 aromatic heterocycles. The van der Waals surface area contributed by atoms with Gasteiger partial charge >= 0.3 is 0 Å². The van der Waals surface area contributed by atoms with Crippen LogP contribution in [-0.2, 0) is 11.4 Å². The Morgan fingerprint density at radius 2 is 2.20 bits per heavy atom. The van der Waals surface area contributed by atoms with Crippen molar-refractivity contribution in [1.29, 1.82) is 0 Å². The molecule has 0 saturated heterocycles. The molecule has 3 nitrogen and oxygen atoms in total. The second-order valence-corrected chi connectivity index (χ2v) is 3.47. The molecule has 0 bridgehead atoms. The Morgan fingerprint density at radius 1 is 1.47 bits per heavy atom. The normalized spacial score (nSPS) is 10.6. The van der Waals surface area contributed by atoms with Crippen molar-refractivity contribution in [1.82, 2.24) is 4.90 Å². The van der Waals surface area contributed by atoms with Gasteiger partial charge in [0.1, 0.15) is 0 Å². The predicted molar refractivity (Wildman–Crippen MR) is 60.1 cm³/mol. The van der Waals surface area contributed by atoms with Crippen LogP contribution in [0.5, 0.6) is 0 Å². The number of carbonyl (C=O) groups is 1. The Bertz CT molecular complexity index is 370. The van der Waals surface area contributed by atoms with Gasteiger partial charge in [0.15, 0.2) is 0 Å². The number of hydrogen-bond acceptors (Lipinski definition) is 2. The largest absolute Gasteiger partial charge is 0.392 e. The molecule has 0 radical (unpaired) electrons. The van der Waals surface area contributed by atoms with Crippen molar-refractivity contribution in [2.45, 2.75) is 6.61 Å². The van der Waals surface area contributed by atoms with Crippen molar-refractivity contribution in [2.75, 3.05) is 14.1 Å². The second-order valence-electron chi connectivity index (χ2n) is 3.47. The van der Waals surface area contributed by atoms with Gasteiger partial charge in [0.05, 0.1) is 6.61 Å². The highest BCUT2D eigenvalue weighted by molar-refractivity contribution is 5.91. The Kier molecular flexibility index (Phi) is 4.06. The molecule has 1 N–H and O–H groups in total. The molecule has 1 aromatic carbocycles. The van der Waals surface area contributed by atoms with Crippen molar-refractivity contribution >= 4 is 12.0 Å². The molecule has 0 atom stereocenters. The lowest BCUT2D eigenvalue weighted by atomic mass is 10.1. The van der Waals surface area contributed by atoms with Crippen LogP contribution in [0.1, 0.15) is 11.1 Å². The highest BCUT2D eigenvalue weighted by Gasteiger charge is 1.97. The van der Waals surface area contributed by atoms with E-state index in [1.165, 1.54) is 11.0 Å². The molecular formula is C12H15NO2. The highest BCUT2D eigenvalue weighted by atomic mass is 16.3. The number of amides is 1. The molecule has 15 heavy (non-hydrogen) atoms. The fourth-order valence-corrected chi connectivity index (χ4v) is 1.11. The fourth-order valence-electron chi connectivity index (χ4n) is 1.11. The SMILES string of the molecule is CN(C)C(=O)/C=C/c1cccc(CO)c1. The van der Waals surface area contributed by atoms with E-state index in [0.29, 0.717) is 0 Å². The maximum atomic E-state index is 11.3. The number of aliphatic hydroxyl groups is 1. The van der Waals surface area contributed by atoms with E-state index in [0.717, 1.165) is 11.1 Å². The quantitative estimate of drug-likeness (QED) is 0.755. The summed E-state index contributed by atoms with van der Waals surface area (Å²) in [6, 6.07) is 7.43. The number of hydrogen-bond donors (Lipinski definition) is 1. The number of nitrogens with zero attached hydrogens (tertiary/aromatic N) is 1. The van der Waals surface area contributed by atoms with Crippen LogP contribution in [0.4, 0.5) is 0 Å². The van der Waals surface area contributed by atoms with E-state index >= 15 is 0 Å². The first kappa shape index (κ1) is 11.5. The fraction of sp³-hybridized carbons (Fsp3) is 0.250. The molecular weight excluding hydrogens is 190 g/mol. The van der Waals surface area contributed by atoms with E-state index in [9.17, 15) is 4.79 Å². The minimum atomic E-state index is -0.0515. The van der Waals surface area contributed by atoms with Crippen LogP contribution < -0.4 is 0 Å². The number of rotatable bonds is 3. The highest BCUT2D eigenvalue weighted by Crippen LogP contribution is 2.07. The average molecular weight is 205 g/mol. The summed E-state index contributed by atoms with van der Waals surface area (Å²) in [5.41, 5.74) is 1.76. The molecule has 0 heterocycles. The molecule has 0 aliphatic rings. The van der Waals surface area contributed by atoms with Crippen LogP contribution >= 0.6 is 0 Å². The van der Waals surface area contributed by atoms with Crippen LogP contribution in [0.3, 0.4) is 0 Å². The summed E-state index contributed by atoms with van der Waals surface area (Å²) in [4.78, 5) is 12.8. The van der Waals surface area contributed by atoms with E-state index in [1.807, 2.05) is 24.3 Å². The topological polar surface area (TPSA) is 40.5 Å². The molecule has 0 spiro atoms. The molecule has 1 amide bonds. The van der Waals surface area contributed by atoms with Gasteiger partial charge in [-0.2, -0.15) is 0 Å². The zero-order valence-corrected chi connectivity index (χ0v) is 8.97. The van der Waals surface area contributed by atoms with Crippen molar-refractivity contribution in [3.8, 4) is 0 Å². The molecule has 1 rings (SSSR count). The number of benzene rings is 1. The van der Waals surface area contributed by atoms with Crippen molar-refractivity contribution in [3.05, 3.63) is 41.5 Å². The minimum Gasteiger partial charge on any atom is -0.392 e. The van der Waals surface area contributed by atoms with E-state index in [4.69, 9.17) is 5.11 Å². The third kappa shape index (κ3) is 3.56. The molecule has 0 aliphatic heterocycles. The summed E-state index contributed by atoms with van der Waals surface area (Å²) < 4.78 is 0. The smallest absolute Gasteiger partial charge is 0.246 e. The first-order chi connectivity index (χ1) is 7.13. The number of likely N-dealkylation sites (N-methyl/N-ethyl adjacent to an activating group) is 1. The van der Waals surface area contributed by atoms with Crippen LogP contribution in [0.25, 0.3) is 6.08 Å². The van der Waals surface area contributed by atoms with Gasteiger partial charge in [-0.15, -0.1) is 0 Å². The van der Waals surface area contributed by atoms with E-state index in [1.54, 1.807) is 20.2 Å². The summed E-state index contributed by atoms with van der Waals surface area (Å²) in [7, 11) is 3.41. The summed E-state index contributed by atoms with van der Waals surface area (Å²) in [5, 5.41) is 8.93. The molecule has 0 aliphatic carbocycles. The maximum absolute atomic E-state index is 11.3. The molecule has 0 saturated carbocycles. The van der Waals surface area contributed by atoms with Crippen molar-refractivity contribution in [2.24, 2.45) is 0 Å². The third-order valence-electron chi connectivity index (χ3n) is 1.99. The lowest BCUT2D eigenvalue weighted by molar-refractivity contribution is -0.123. The van der Waals surface area contributed by atoms with E-state index in [-0.39, 0.29) is 12.5 Å². The Morgan fingerprint density at radius 3 is 2.80 bits per heavy atom. The monoisotopic (exact) mass is 205 g/mol. The Balaban J connectivity index is 2.76. The van der Waals surface area contributed by atoms with Crippen LogP contribution in [-0.4, -0.2) is 30.0 Å². The van der Waals surface area contributed by atoms with Crippen LogP contribution in [0.15, 0.2) is 30.3 Å². The van der Waals surface area contributed by atoms with E-state index in [2.05, 4.69) is 0 Å².